The van der Waals surface area contributed by atoms with Crippen molar-refractivity contribution in [1.82, 2.24) is 29.2 Å². The molecule has 0 spiro atoms. The number of ether oxygens (including phenoxy) is 7. The molecule has 18 nitrogen and oxygen atoms in total. The number of anilines is 2. The lowest BCUT2D eigenvalue weighted by Gasteiger charge is -2.30. The van der Waals surface area contributed by atoms with Crippen LogP contribution in [-0.2, 0) is 47.5 Å². The number of aromatic nitrogens is 6. The minimum absolute atomic E-state index is 0. The number of fused-ring (bicyclic) bond motifs is 2. The number of hydrogen-bond donors (Lipinski definition) is 0. The third-order valence-electron chi connectivity index (χ3n) is 14.4. The molecule has 4 heterocycles. The highest BCUT2D eigenvalue weighted by Gasteiger charge is 2.28. The molecule has 2 saturated carbocycles. The lowest BCUT2D eigenvalue weighted by atomic mass is 9.79. The molecule has 83 heavy (non-hydrogen) atoms. The van der Waals surface area contributed by atoms with Crippen LogP contribution < -0.4 is 9.80 Å². The van der Waals surface area contributed by atoms with Gasteiger partial charge in [0.1, 0.15) is 38.6 Å². The Balaban J connectivity index is 0.000000392. The molecule has 0 bridgehead atoms. The van der Waals surface area contributed by atoms with Crippen LogP contribution in [0, 0.1) is 5.92 Å². The van der Waals surface area contributed by atoms with Gasteiger partial charge in [-0.1, -0.05) is 91.6 Å². The number of carbonyl (C=O) groups is 3. The van der Waals surface area contributed by atoms with E-state index in [2.05, 4.69) is 115 Å². The van der Waals surface area contributed by atoms with Crippen molar-refractivity contribution in [2.75, 3.05) is 83.0 Å². The van der Waals surface area contributed by atoms with Crippen LogP contribution in [0.5, 0.6) is 0 Å². The SMILES string of the molecule is C.CCOC(=O)C=C1CCC(c2cc(N(COCC[Si](C)(C)C)COCC[Si](C)(C)C)n3nccc3n2)CC1.CCOC(=O)CC1CCC(c2cc(N(COCC[Si](C)(C)C)COCC[Si](C)(C)C)n3nccc3n2)CC1.CCOC(C)=O. The molecule has 470 valence electrons. The molecule has 4 aromatic heterocycles. The van der Waals surface area contributed by atoms with E-state index in [9.17, 15) is 14.4 Å². The third-order valence-corrected chi connectivity index (χ3v) is 21.2. The normalized spacial score (nSPS) is 16.7. The van der Waals surface area contributed by atoms with Gasteiger partial charge in [0.15, 0.2) is 11.3 Å². The monoisotopic (exact) mass is 1230 g/mol. The first kappa shape index (κ1) is 73.0. The van der Waals surface area contributed by atoms with Crippen LogP contribution in [-0.4, -0.2) is 153 Å². The van der Waals surface area contributed by atoms with Crippen molar-refractivity contribution < 1.29 is 47.5 Å². The summed E-state index contributed by atoms with van der Waals surface area (Å²) in [5.74, 6) is 2.49. The number of hydrogen-bond acceptors (Lipinski definition) is 16. The molecule has 0 radical (unpaired) electrons. The van der Waals surface area contributed by atoms with E-state index in [1.54, 1.807) is 19.2 Å². The summed E-state index contributed by atoms with van der Waals surface area (Å²) >= 11 is 0. The van der Waals surface area contributed by atoms with E-state index in [1.807, 2.05) is 41.2 Å². The maximum atomic E-state index is 12.0. The van der Waals surface area contributed by atoms with Gasteiger partial charge in [-0.3, -0.25) is 9.59 Å². The minimum Gasteiger partial charge on any atom is -0.466 e. The zero-order chi connectivity index (χ0) is 60.5. The predicted octanol–water partition coefficient (Wildman–Crippen LogP) is 13.9. The molecule has 2 aliphatic rings. The summed E-state index contributed by atoms with van der Waals surface area (Å²) in [6, 6.07) is 12.8. The van der Waals surface area contributed by atoms with Crippen molar-refractivity contribution in [2.24, 2.45) is 5.92 Å². The van der Waals surface area contributed by atoms with Crippen LogP contribution in [0.2, 0.25) is 103 Å². The lowest BCUT2D eigenvalue weighted by Crippen LogP contribution is -2.33. The summed E-state index contributed by atoms with van der Waals surface area (Å²) in [5, 5.41) is 9.16. The first-order chi connectivity index (χ1) is 38.7. The number of carbonyl (C=O) groups excluding carboxylic acids is 3. The topological polar surface area (TPSA) is 183 Å². The third kappa shape index (κ3) is 28.6. The summed E-state index contributed by atoms with van der Waals surface area (Å²) in [6.45, 7) is 41.5. The average molecular weight is 1230 g/mol. The second-order valence-corrected chi connectivity index (χ2v) is 49.2. The van der Waals surface area contributed by atoms with E-state index >= 15 is 0 Å². The van der Waals surface area contributed by atoms with Gasteiger partial charge in [0.05, 0.1) is 32.2 Å². The molecule has 2 aliphatic carbocycles. The molecule has 0 N–H and O–H groups in total. The van der Waals surface area contributed by atoms with Crippen LogP contribution in [0.25, 0.3) is 11.3 Å². The Hall–Kier alpha value is -4.30. The highest BCUT2D eigenvalue weighted by atomic mass is 28.3. The Bertz CT molecular complexity index is 2510. The van der Waals surface area contributed by atoms with Gasteiger partial charge in [-0.25, -0.2) is 14.8 Å². The molecule has 0 aliphatic heterocycles. The van der Waals surface area contributed by atoms with Crippen molar-refractivity contribution in [3.05, 3.63) is 59.7 Å². The molecule has 0 atom stereocenters. The fourth-order valence-electron chi connectivity index (χ4n) is 9.35. The van der Waals surface area contributed by atoms with Gasteiger partial charge in [-0.2, -0.15) is 19.2 Å². The van der Waals surface area contributed by atoms with Gasteiger partial charge in [-0.05, 0) is 102 Å². The number of esters is 3. The molecule has 0 amide bonds. The number of rotatable bonds is 30. The van der Waals surface area contributed by atoms with Gasteiger partial charge in [-0.15, -0.1) is 0 Å². The molecule has 0 aromatic carbocycles. The van der Waals surface area contributed by atoms with Crippen LogP contribution in [0.4, 0.5) is 11.6 Å². The van der Waals surface area contributed by atoms with E-state index in [0.29, 0.717) is 70.9 Å². The highest BCUT2D eigenvalue weighted by molar-refractivity contribution is 6.77. The highest BCUT2D eigenvalue weighted by Crippen LogP contribution is 2.39. The van der Waals surface area contributed by atoms with Crippen LogP contribution >= 0.6 is 0 Å². The van der Waals surface area contributed by atoms with Crippen LogP contribution in [0.1, 0.15) is 116 Å². The quantitative estimate of drug-likeness (QED) is 0.0120. The van der Waals surface area contributed by atoms with Crippen molar-refractivity contribution in [3.8, 4) is 0 Å². The minimum atomic E-state index is -1.18. The van der Waals surface area contributed by atoms with Crippen LogP contribution in [0.3, 0.4) is 0 Å². The second-order valence-electron chi connectivity index (χ2n) is 26.7. The first-order valence-corrected chi connectivity index (χ1v) is 45.2. The van der Waals surface area contributed by atoms with Crippen molar-refractivity contribution in [3.63, 3.8) is 0 Å². The second kappa shape index (κ2) is 36.0. The molecular formula is C61H110N8O10Si4. The van der Waals surface area contributed by atoms with Gasteiger partial charge in [0.2, 0.25) is 0 Å². The predicted molar refractivity (Wildman–Crippen MR) is 348 cm³/mol. The molecule has 2 fully saturated rings. The van der Waals surface area contributed by atoms with E-state index in [-0.39, 0.29) is 25.3 Å². The van der Waals surface area contributed by atoms with Gasteiger partial charge >= 0.3 is 17.9 Å². The molecule has 22 heteroatoms. The Morgan fingerprint density at radius 2 is 0.928 bits per heavy atom. The van der Waals surface area contributed by atoms with Crippen LogP contribution in [0.15, 0.2) is 48.3 Å². The van der Waals surface area contributed by atoms with E-state index < -0.39 is 32.3 Å². The van der Waals surface area contributed by atoms with Gasteiger partial charge < -0.3 is 43.0 Å². The van der Waals surface area contributed by atoms with Gasteiger partial charge in [0.25, 0.3) is 0 Å². The Kier molecular flexibility index (Phi) is 31.6. The van der Waals surface area contributed by atoms with Gasteiger partial charge in [0, 0.05) is 126 Å². The molecular weight excluding hydrogens is 1120 g/mol. The molecule has 0 saturated heterocycles. The Morgan fingerprint density at radius 1 is 0.554 bits per heavy atom. The zero-order valence-corrected chi connectivity index (χ0v) is 57.4. The van der Waals surface area contributed by atoms with Crippen molar-refractivity contribution in [1.29, 1.82) is 0 Å². The number of allylic oxidation sites excluding steroid dienone is 1. The number of nitrogens with zero attached hydrogens (tertiary/aromatic N) is 8. The smallest absolute Gasteiger partial charge is 0.330 e. The fourth-order valence-corrected chi connectivity index (χ4v) is 12.4. The average Bonchev–Trinajstić information content (AvgIpc) is 4.29. The summed E-state index contributed by atoms with van der Waals surface area (Å²) < 4.78 is 43.2. The van der Waals surface area contributed by atoms with E-state index in [0.717, 1.165) is 136 Å². The Labute approximate surface area is 503 Å². The van der Waals surface area contributed by atoms with Crippen molar-refractivity contribution in [2.45, 2.75) is 207 Å². The van der Waals surface area contributed by atoms with Crippen molar-refractivity contribution >= 4 is 73.1 Å². The summed E-state index contributed by atoms with van der Waals surface area (Å²) in [5.41, 5.74) is 5.01. The fraction of sp³-hybridized carbons (Fsp3) is 0.721. The van der Waals surface area contributed by atoms with E-state index in [4.69, 9.17) is 38.4 Å². The van der Waals surface area contributed by atoms with E-state index in [1.165, 1.54) is 12.5 Å². The first-order valence-electron chi connectivity index (χ1n) is 30.3. The lowest BCUT2D eigenvalue weighted by molar-refractivity contribution is -0.144. The molecule has 6 rings (SSSR count). The summed E-state index contributed by atoms with van der Waals surface area (Å²) in [6.07, 6.45) is 13.6. The largest absolute Gasteiger partial charge is 0.466 e. The zero-order valence-electron chi connectivity index (χ0n) is 53.4. The molecule has 4 aromatic rings. The summed E-state index contributed by atoms with van der Waals surface area (Å²) in [4.78, 5) is 47.9. The Morgan fingerprint density at radius 3 is 1.27 bits per heavy atom. The maximum Gasteiger partial charge on any atom is 0.330 e. The molecule has 0 unspecified atom stereocenters. The summed E-state index contributed by atoms with van der Waals surface area (Å²) in [7, 11) is -4.70. The standard InChI is InChI=1S/C28H50N4O4Si2.C28H48N4O4Si2.C4H8O2.CH4/c2*1-8-36-28(33)19-23-9-11-24(12-10-23)25-20-27(32-26(30-25)13-14-29-32)31(21-34-15-17-37(2,3)4)22-35-16-18-38(5,6)7;1-3-6-4(2)5;/h13-14,20,23-24H,8-12,15-19,21-22H2,1-7H3;13-14,19-20,24H,8-12,15-18,21-22H2,1-7H3;3H2,1-2H3;1H4. The maximum absolute atomic E-state index is 12.0.